The summed E-state index contributed by atoms with van der Waals surface area (Å²) < 4.78 is 10.6. The second-order valence-electron chi connectivity index (χ2n) is 4.55. The first kappa shape index (κ1) is 13.7. The first-order chi connectivity index (χ1) is 9.20. The minimum atomic E-state index is -0.764. The Morgan fingerprint density at radius 2 is 2.21 bits per heavy atom. The van der Waals surface area contributed by atoms with Crippen molar-refractivity contribution in [3.05, 3.63) is 24.3 Å². The highest BCUT2D eigenvalue weighted by atomic mass is 16.5. The summed E-state index contributed by atoms with van der Waals surface area (Å²) in [6.07, 6.45) is 0.766. The smallest absolute Gasteiger partial charge is 0.303 e. The summed E-state index contributed by atoms with van der Waals surface area (Å²) in [5.41, 5.74) is 1.08. The van der Waals surface area contributed by atoms with Crippen LogP contribution in [0.5, 0.6) is 5.75 Å². The number of carboxylic acid groups (broad SMARTS) is 1. The highest BCUT2D eigenvalue weighted by molar-refractivity contribution is 5.66. The predicted molar refractivity (Wildman–Crippen MR) is 71.8 cm³/mol. The number of carboxylic acids is 1. The summed E-state index contributed by atoms with van der Waals surface area (Å²) in [5.74, 6) is 0.0550. The van der Waals surface area contributed by atoms with Crippen molar-refractivity contribution >= 4 is 11.7 Å². The van der Waals surface area contributed by atoms with Gasteiger partial charge >= 0.3 is 5.97 Å². The number of methoxy groups -OCH3 is 1. The average Bonchev–Trinajstić information content (AvgIpc) is 2.45. The maximum absolute atomic E-state index is 10.7. The molecule has 0 amide bonds. The van der Waals surface area contributed by atoms with Gasteiger partial charge in [0.15, 0.2) is 0 Å². The van der Waals surface area contributed by atoms with Gasteiger partial charge in [-0.1, -0.05) is 0 Å². The van der Waals surface area contributed by atoms with Gasteiger partial charge < -0.3 is 19.5 Å². The van der Waals surface area contributed by atoms with E-state index >= 15 is 0 Å². The number of aliphatic carboxylic acids is 1. The second-order valence-corrected chi connectivity index (χ2v) is 4.55. The van der Waals surface area contributed by atoms with E-state index in [9.17, 15) is 4.79 Å². The molecule has 19 heavy (non-hydrogen) atoms. The summed E-state index contributed by atoms with van der Waals surface area (Å²) in [6, 6.07) is 7.95. The summed E-state index contributed by atoms with van der Waals surface area (Å²) in [7, 11) is 1.64. The number of carbonyl (C=O) groups is 1. The third-order valence-corrected chi connectivity index (χ3v) is 3.32. The molecule has 1 fully saturated rings. The minimum Gasteiger partial charge on any atom is -0.497 e. The van der Waals surface area contributed by atoms with Gasteiger partial charge in [0.1, 0.15) is 5.75 Å². The van der Waals surface area contributed by atoms with Gasteiger partial charge in [-0.2, -0.15) is 0 Å². The van der Waals surface area contributed by atoms with Crippen LogP contribution in [-0.2, 0) is 9.53 Å². The molecule has 1 atom stereocenters. The van der Waals surface area contributed by atoms with Gasteiger partial charge in [0.05, 0.1) is 26.4 Å². The zero-order chi connectivity index (χ0) is 13.7. The summed E-state index contributed by atoms with van der Waals surface area (Å²) in [6.45, 7) is 2.05. The third-order valence-electron chi connectivity index (χ3n) is 3.32. The number of nitrogens with zero attached hydrogens (tertiary/aromatic N) is 1. The van der Waals surface area contributed by atoms with E-state index < -0.39 is 5.97 Å². The first-order valence-electron chi connectivity index (χ1n) is 6.41. The van der Waals surface area contributed by atoms with E-state index in [-0.39, 0.29) is 12.5 Å². The van der Waals surface area contributed by atoms with E-state index in [1.54, 1.807) is 7.11 Å². The lowest BCUT2D eigenvalue weighted by atomic mass is 10.1. The second kappa shape index (κ2) is 6.43. The van der Waals surface area contributed by atoms with E-state index in [0.29, 0.717) is 19.6 Å². The minimum absolute atomic E-state index is 0.123. The van der Waals surface area contributed by atoms with E-state index in [1.807, 2.05) is 24.3 Å². The van der Waals surface area contributed by atoms with Crippen LogP contribution in [0.2, 0.25) is 0 Å². The number of hydrogen-bond acceptors (Lipinski definition) is 4. The van der Waals surface area contributed by atoms with Gasteiger partial charge in [-0.3, -0.25) is 4.79 Å². The van der Waals surface area contributed by atoms with Crippen LogP contribution in [-0.4, -0.2) is 44.0 Å². The van der Waals surface area contributed by atoms with Crippen LogP contribution in [0.15, 0.2) is 24.3 Å². The van der Waals surface area contributed by atoms with E-state index in [0.717, 1.165) is 18.0 Å². The molecule has 1 aromatic carbocycles. The van der Waals surface area contributed by atoms with Gasteiger partial charge in [0, 0.05) is 18.7 Å². The van der Waals surface area contributed by atoms with E-state index in [1.165, 1.54) is 0 Å². The molecule has 1 N–H and O–H groups in total. The van der Waals surface area contributed by atoms with Crippen LogP contribution >= 0.6 is 0 Å². The van der Waals surface area contributed by atoms with Crippen molar-refractivity contribution in [3.8, 4) is 5.75 Å². The topological polar surface area (TPSA) is 59.0 Å². The SMILES string of the molecule is COc1ccc(N2CCOCC2CCC(=O)O)cc1. The van der Waals surface area contributed by atoms with E-state index in [4.69, 9.17) is 14.6 Å². The van der Waals surface area contributed by atoms with Crippen molar-refractivity contribution in [1.82, 2.24) is 0 Å². The maximum Gasteiger partial charge on any atom is 0.303 e. The molecule has 1 aliphatic rings. The van der Waals surface area contributed by atoms with Gasteiger partial charge in [0.25, 0.3) is 0 Å². The monoisotopic (exact) mass is 265 g/mol. The number of ether oxygens (including phenoxy) is 2. The fraction of sp³-hybridized carbons (Fsp3) is 0.500. The van der Waals surface area contributed by atoms with Crippen LogP contribution < -0.4 is 9.64 Å². The lowest BCUT2D eigenvalue weighted by Gasteiger charge is -2.37. The highest BCUT2D eigenvalue weighted by Crippen LogP contribution is 2.24. The summed E-state index contributed by atoms with van der Waals surface area (Å²) in [5, 5.41) is 8.79. The quantitative estimate of drug-likeness (QED) is 0.879. The number of hydrogen-bond donors (Lipinski definition) is 1. The van der Waals surface area contributed by atoms with Crippen LogP contribution in [0, 0.1) is 0 Å². The number of morpholine rings is 1. The molecule has 0 aromatic heterocycles. The zero-order valence-corrected chi connectivity index (χ0v) is 11.0. The molecule has 1 saturated heterocycles. The van der Waals surface area contributed by atoms with Crippen LogP contribution in [0.4, 0.5) is 5.69 Å². The Bertz CT molecular complexity index is 418. The Morgan fingerprint density at radius 1 is 1.47 bits per heavy atom. The van der Waals surface area contributed by atoms with Crippen molar-refractivity contribution in [2.24, 2.45) is 0 Å². The molecule has 0 saturated carbocycles. The fourth-order valence-electron chi connectivity index (χ4n) is 2.30. The summed E-state index contributed by atoms with van der Waals surface area (Å²) in [4.78, 5) is 12.9. The molecule has 104 valence electrons. The van der Waals surface area contributed by atoms with Crippen LogP contribution in [0.1, 0.15) is 12.8 Å². The Balaban J connectivity index is 2.06. The average molecular weight is 265 g/mol. The first-order valence-corrected chi connectivity index (χ1v) is 6.41. The lowest BCUT2D eigenvalue weighted by molar-refractivity contribution is -0.137. The Kier molecular flexibility index (Phi) is 4.63. The maximum atomic E-state index is 10.7. The molecular formula is C14H19NO4. The summed E-state index contributed by atoms with van der Waals surface area (Å²) >= 11 is 0. The van der Waals surface area contributed by atoms with Crippen LogP contribution in [0.3, 0.4) is 0 Å². The third kappa shape index (κ3) is 3.61. The van der Waals surface area contributed by atoms with Gasteiger partial charge in [-0.15, -0.1) is 0 Å². The van der Waals surface area contributed by atoms with Crippen molar-refractivity contribution in [3.63, 3.8) is 0 Å². The van der Waals surface area contributed by atoms with Crippen molar-refractivity contribution in [1.29, 1.82) is 0 Å². The number of rotatable bonds is 5. The Labute approximate surface area is 112 Å². The van der Waals surface area contributed by atoms with Gasteiger partial charge in [-0.25, -0.2) is 0 Å². The normalized spacial score (nSPS) is 19.2. The van der Waals surface area contributed by atoms with Crippen molar-refractivity contribution in [2.75, 3.05) is 31.8 Å². The number of benzene rings is 1. The zero-order valence-electron chi connectivity index (χ0n) is 11.0. The molecule has 1 aliphatic heterocycles. The predicted octanol–water partition coefficient (Wildman–Crippen LogP) is 1.77. The fourth-order valence-corrected chi connectivity index (χ4v) is 2.30. The molecule has 5 nitrogen and oxygen atoms in total. The molecule has 2 rings (SSSR count). The standard InChI is InChI=1S/C14H19NO4/c1-18-13-5-2-11(3-6-13)15-8-9-19-10-12(15)4-7-14(16)17/h2-3,5-6,12H,4,7-10H2,1H3,(H,16,17). The van der Waals surface area contributed by atoms with Crippen LogP contribution in [0.25, 0.3) is 0 Å². The molecule has 0 spiro atoms. The largest absolute Gasteiger partial charge is 0.497 e. The molecule has 1 heterocycles. The highest BCUT2D eigenvalue weighted by Gasteiger charge is 2.23. The molecule has 0 radical (unpaired) electrons. The Morgan fingerprint density at radius 3 is 2.84 bits per heavy atom. The number of anilines is 1. The molecule has 5 heteroatoms. The molecule has 0 aliphatic carbocycles. The molecule has 1 unspecified atom stereocenters. The lowest BCUT2D eigenvalue weighted by Crippen LogP contribution is -2.45. The molecular weight excluding hydrogens is 246 g/mol. The molecule has 1 aromatic rings. The van der Waals surface area contributed by atoms with Crippen molar-refractivity contribution in [2.45, 2.75) is 18.9 Å². The van der Waals surface area contributed by atoms with Crippen molar-refractivity contribution < 1.29 is 19.4 Å². The van der Waals surface area contributed by atoms with Gasteiger partial charge in [-0.05, 0) is 30.7 Å². The molecule has 0 bridgehead atoms. The van der Waals surface area contributed by atoms with E-state index in [2.05, 4.69) is 4.90 Å². The Hall–Kier alpha value is -1.75. The van der Waals surface area contributed by atoms with Gasteiger partial charge in [0.2, 0.25) is 0 Å².